The van der Waals surface area contributed by atoms with Gasteiger partial charge in [-0.15, -0.1) is 23.1 Å². The topological polar surface area (TPSA) is 126 Å². The average Bonchev–Trinajstić information content (AvgIpc) is 3.44. The second-order valence-corrected chi connectivity index (χ2v) is 11.5. The van der Waals surface area contributed by atoms with E-state index in [9.17, 15) is 24.6 Å². The minimum Gasteiger partial charge on any atom is -0.543 e. The van der Waals surface area contributed by atoms with E-state index in [4.69, 9.17) is 0 Å². The van der Waals surface area contributed by atoms with Crippen LogP contribution in [0, 0.1) is 11.8 Å². The predicted octanol–water partition coefficient (Wildman–Crippen LogP) is 0.556. The number of β-lactam (4-membered cyclic amide) rings is 1. The molecule has 33 heavy (non-hydrogen) atoms. The lowest BCUT2D eigenvalue weighted by Gasteiger charge is -2.47. The van der Waals surface area contributed by atoms with Crippen molar-refractivity contribution in [3.8, 4) is 0 Å². The van der Waals surface area contributed by atoms with Gasteiger partial charge in [0.1, 0.15) is 5.69 Å². The third-order valence-electron chi connectivity index (χ3n) is 7.13. The Labute approximate surface area is 200 Å². The number of fused-ring (bicyclic) bond motifs is 1. The first kappa shape index (κ1) is 22.7. The highest BCUT2D eigenvalue weighted by molar-refractivity contribution is 8.03. The normalized spacial score (nSPS) is 28.6. The number of carboxylic acid groups (broad SMARTS) is 1. The first-order chi connectivity index (χ1) is 15.8. The van der Waals surface area contributed by atoms with Crippen LogP contribution < -0.4 is 15.3 Å². The van der Waals surface area contributed by atoms with Crippen molar-refractivity contribution in [1.29, 1.82) is 0 Å². The summed E-state index contributed by atoms with van der Waals surface area (Å²) in [5.74, 6) is -2.56. The molecule has 0 aromatic carbocycles. The number of hydrogen-bond acceptors (Lipinski definition) is 9. The number of carboxylic acids is 1. The number of nitrogens with one attached hydrogen (secondary N) is 1. The van der Waals surface area contributed by atoms with Gasteiger partial charge in [0.2, 0.25) is 5.91 Å². The number of carbonyl (C=O) groups excluding carboxylic acids is 3. The summed E-state index contributed by atoms with van der Waals surface area (Å²) in [5.41, 5.74) is 0.398. The monoisotopic (exact) mass is 491 g/mol. The number of nitrogens with zero attached hydrogens (tertiary/aromatic N) is 3. The maximum Gasteiger partial charge on any atom is 0.271 e. The molecule has 1 saturated carbocycles. The molecule has 4 heterocycles. The van der Waals surface area contributed by atoms with Crippen LogP contribution in [0.15, 0.2) is 16.0 Å². The van der Waals surface area contributed by atoms with Crippen LogP contribution in [0.1, 0.15) is 50.0 Å². The number of rotatable bonds is 7. The van der Waals surface area contributed by atoms with E-state index in [1.165, 1.54) is 28.0 Å². The fraction of sp³-hybridized carbons (Fsp3) is 0.636. The van der Waals surface area contributed by atoms with Gasteiger partial charge < -0.3 is 30.1 Å². The van der Waals surface area contributed by atoms with Crippen molar-refractivity contribution < 1.29 is 24.6 Å². The molecule has 5 rings (SSSR count). The van der Waals surface area contributed by atoms with Gasteiger partial charge in [-0.2, -0.15) is 0 Å². The van der Waals surface area contributed by atoms with Crippen molar-refractivity contribution >= 4 is 46.0 Å². The fourth-order valence-corrected chi connectivity index (χ4v) is 7.70. The van der Waals surface area contributed by atoms with Crippen molar-refractivity contribution in [3.05, 3.63) is 21.7 Å². The Morgan fingerprint density at radius 1 is 1.33 bits per heavy atom. The molecule has 0 bridgehead atoms. The molecule has 0 radical (unpaired) electrons. The quantitative estimate of drug-likeness (QED) is 0.530. The molecular weight excluding hydrogens is 464 g/mol. The van der Waals surface area contributed by atoms with Crippen LogP contribution in [0.5, 0.6) is 0 Å². The van der Waals surface area contributed by atoms with Crippen LogP contribution >= 0.6 is 23.1 Å². The number of carbonyl (C=O) groups is 3. The summed E-state index contributed by atoms with van der Waals surface area (Å²) in [6.45, 7) is 4.83. The fourth-order valence-electron chi connectivity index (χ4n) is 5.36. The number of hydrogen-bond donors (Lipinski definition) is 2. The van der Waals surface area contributed by atoms with Gasteiger partial charge in [0.15, 0.2) is 5.13 Å². The molecule has 1 aromatic rings. The van der Waals surface area contributed by atoms with E-state index < -0.39 is 18.0 Å². The molecule has 1 aliphatic carbocycles. The molecule has 2 amide bonds. The van der Waals surface area contributed by atoms with Crippen molar-refractivity contribution in [2.45, 2.75) is 63.0 Å². The van der Waals surface area contributed by atoms with Gasteiger partial charge in [-0.05, 0) is 19.8 Å². The summed E-state index contributed by atoms with van der Waals surface area (Å²) in [5, 5.41) is 27.6. The van der Waals surface area contributed by atoms with Crippen molar-refractivity contribution in [2.24, 2.45) is 11.8 Å². The van der Waals surface area contributed by atoms with E-state index in [0.29, 0.717) is 23.7 Å². The summed E-state index contributed by atoms with van der Waals surface area (Å²) in [6, 6.07) is -0.0812. The summed E-state index contributed by atoms with van der Waals surface area (Å²) in [7, 11) is 0. The highest BCUT2D eigenvalue weighted by Gasteiger charge is 2.59. The Kier molecular flexibility index (Phi) is 5.90. The molecule has 4 atom stereocenters. The van der Waals surface area contributed by atoms with Crippen molar-refractivity contribution in [2.75, 3.05) is 18.0 Å². The van der Waals surface area contributed by atoms with Crippen LogP contribution in [-0.4, -0.2) is 69.3 Å². The average molecular weight is 492 g/mol. The number of thioether (sulfide) groups is 1. The Morgan fingerprint density at radius 3 is 2.67 bits per heavy atom. The molecule has 2 N–H and O–H groups in total. The molecule has 3 aliphatic heterocycles. The second-order valence-electron chi connectivity index (χ2n) is 9.37. The summed E-state index contributed by atoms with van der Waals surface area (Å²) < 4.78 is 0. The number of aliphatic hydroxyl groups excluding tert-OH is 1. The zero-order valence-corrected chi connectivity index (χ0v) is 20.2. The summed E-state index contributed by atoms with van der Waals surface area (Å²) >= 11 is 2.91. The van der Waals surface area contributed by atoms with Crippen molar-refractivity contribution in [1.82, 2.24) is 15.2 Å². The standard InChI is InChI=1S/C22H28N4O5S2/c1-10-16-15(11(2)27)20(29)26(16)17(21(30)31)18(10)33-13-7-25(8-13)22-24-14(9-32-22)19(28)23-12-5-3-4-6-12/h9-13,15-16,27H,3-8H2,1-2H3,(H,23,28)(H,30,31)/p-1/t10-,11-,15-,16-/m1/s1. The van der Waals surface area contributed by atoms with E-state index in [-0.39, 0.29) is 40.8 Å². The Hall–Kier alpha value is -2.11. The third kappa shape index (κ3) is 3.83. The Morgan fingerprint density at radius 2 is 2.03 bits per heavy atom. The Balaban J connectivity index is 1.21. The van der Waals surface area contributed by atoms with Crippen LogP contribution in [0.3, 0.4) is 0 Å². The highest BCUT2D eigenvalue weighted by atomic mass is 32.2. The Bertz CT molecular complexity index is 1010. The van der Waals surface area contributed by atoms with Gasteiger partial charge >= 0.3 is 0 Å². The van der Waals surface area contributed by atoms with Gasteiger partial charge in [0.05, 0.1) is 29.7 Å². The number of aromatic nitrogens is 1. The van der Waals surface area contributed by atoms with Gasteiger partial charge in [0.25, 0.3) is 5.91 Å². The van der Waals surface area contributed by atoms with Gasteiger partial charge in [-0.1, -0.05) is 19.8 Å². The van der Waals surface area contributed by atoms with Gasteiger partial charge in [-0.25, -0.2) is 4.98 Å². The highest BCUT2D eigenvalue weighted by Crippen LogP contribution is 2.52. The number of aliphatic hydroxyl groups is 1. The summed E-state index contributed by atoms with van der Waals surface area (Å²) in [6.07, 6.45) is 3.54. The lowest BCUT2D eigenvalue weighted by Crippen LogP contribution is -2.64. The SMILES string of the molecule is C[C@@H](O)[C@H]1C(=O)N2C(C(=O)[O-])=C(SC3CN(c4nc(C(=O)NC5CCCC5)cs4)C3)[C@H](C)[C@H]12. The molecule has 4 aliphatic rings. The van der Waals surface area contributed by atoms with E-state index in [0.717, 1.165) is 30.8 Å². The zero-order valence-electron chi connectivity index (χ0n) is 18.5. The smallest absolute Gasteiger partial charge is 0.271 e. The first-order valence-corrected chi connectivity index (χ1v) is 13.2. The van der Waals surface area contributed by atoms with E-state index in [1.807, 2.05) is 6.92 Å². The van der Waals surface area contributed by atoms with Gasteiger partial charge in [-0.3, -0.25) is 9.59 Å². The van der Waals surface area contributed by atoms with Crippen LogP contribution in [0.4, 0.5) is 5.13 Å². The van der Waals surface area contributed by atoms with Crippen LogP contribution in [-0.2, 0) is 9.59 Å². The number of anilines is 1. The maximum atomic E-state index is 12.4. The largest absolute Gasteiger partial charge is 0.543 e. The number of amides is 2. The van der Waals surface area contributed by atoms with E-state index >= 15 is 0 Å². The van der Waals surface area contributed by atoms with Gasteiger partial charge in [0, 0.05) is 40.6 Å². The molecule has 3 fully saturated rings. The molecule has 9 nitrogen and oxygen atoms in total. The molecule has 1 aromatic heterocycles. The summed E-state index contributed by atoms with van der Waals surface area (Å²) in [4.78, 5) is 45.2. The predicted molar refractivity (Wildman–Crippen MR) is 122 cm³/mol. The van der Waals surface area contributed by atoms with Crippen molar-refractivity contribution in [3.63, 3.8) is 0 Å². The third-order valence-corrected chi connectivity index (χ3v) is 9.48. The number of aliphatic carboxylic acids is 1. The molecule has 2 saturated heterocycles. The lowest BCUT2D eigenvalue weighted by atomic mass is 9.79. The molecule has 178 valence electrons. The lowest BCUT2D eigenvalue weighted by molar-refractivity contribution is -0.301. The molecule has 0 spiro atoms. The molecular formula is C22H27N4O5S2-. The number of thiazole rings is 1. The molecule has 11 heteroatoms. The van der Waals surface area contributed by atoms with Crippen LogP contribution in [0.2, 0.25) is 0 Å². The molecule has 0 unspecified atom stereocenters. The first-order valence-electron chi connectivity index (χ1n) is 11.4. The second kappa shape index (κ2) is 8.59. The van der Waals surface area contributed by atoms with E-state index in [1.54, 1.807) is 12.3 Å². The zero-order chi connectivity index (χ0) is 23.4. The minimum atomic E-state index is -1.35. The maximum absolute atomic E-state index is 12.4. The van der Waals surface area contributed by atoms with Crippen LogP contribution in [0.25, 0.3) is 0 Å². The minimum absolute atomic E-state index is 0.0435. The van der Waals surface area contributed by atoms with E-state index in [2.05, 4.69) is 15.2 Å².